The number of hydrogen-bond acceptors (Lipinski definition) is 1. The molecule has 0 aliphatic carbocycles. The van der Waals surface area contributed by atoms with Crippen LogP contribution in [0.4, 0.5) is 0 Å². The van der Waals surface area contributed by atoms with E-state index in [-0.39, 0.29) is 5.41 Å². The van der Waals surface area contributed by atoms with Crippen LogP contribution in [0.25, 0.3) is 39.6 Å². The van der Waals surface area contributed by atoms with Gasteiger partial charge in [0.2, 0.25) is 0 Å². The standard InChI is InChI=1S/C30H27N3/c1-30(2,3)26-20-18-24(19-21-26)28-31-29(33(32-28)27-12-8-5-9-13-27)25-16-14-23(15-17-25)22-10-6-4-7-11-22/h4-21H,1-3H3/p+1. The van der Waals surface area contributed by atoms with Gasteiger partial charge in [-0.15, -0.1) is 4.68 Å². The Labute approximate surface area is 195 Å². The maximum absolute atomic E-state index is 5.03. The molecule has 0 spiro atoms. The highest BCUT2D eigenvalue weighted by atomic mass is 15.4. The fourth-order valence-corrected chi connectivity index (χ4v) is 4.00. The highest BCUT2D eigenvalue weighted by Crippen LogP contribution is 2.27. The van der Waals surface area contributed by atoms with Crippen molar-refractivity contribution in [1.82, 2.24) is 10.1 Å². The summed E-state index contributed by atoms with van der Waals surface area (Å²) in [7, 11) is 0. The van der Waals surface area contributed by atoms with E-state index in [1.165, 1.54) is 16.7 Å². The third-order valence-corrected chi connectivity index (χ3v) is 5.94. The van der Waals surface area contributed by atoms with Gasteiger partial charge in [-0.1, -0.05) is 93.6 Å². The van der Waals surface area contributed by atoms with Crippen LogP contribution in [-0.2, 0) is 5.41 Å². The lowest BCUT2D eigenvalue weighted by Gasteiger charge is -2.18. The number of H-pyrrole nitrogens is 1. The predicted octanol–water partition coefficient (Wildman–Crippen LogP) is 6.98. The Kier molecular flexibility index (Phi) is 5.39. The van der Waals surface area contributed by atoms with Gasteiger partial charge in [-0.05, 0) is 63.5 Å². The molecule has 0 saturated carbocycles. The van der Waals surface area contributed by atoms with Crippen LogP contribution in [0.3, 0.4) is 0 Å². The number of hydrogen-bond donors (Lipinski definition) is 1. The van der Waals surface area contributed by atoms with E-state index in [4.69, 9.17) is 4.98 Å². The molecule has 0 radical (unpaired) electrons. The summed E-state index contributed by atoms with van der Waals surface area (Å²) in [6, 6.07) is 38.0. The third kappa shape index (κ3) is 4.35. The van der Waals surface area contributed by atoms with Gasteiger partial charge in [-0.3, -0.25) is 0 Å². The maximum Gasteiger partial charge on any atom is 0.356 e. The zero-order valence-electron chi connectivity index (χ0n) is 19.3. The molecule has 3 heteroatoms. The van der Waals surface area contributed by atoms with Gasteiger partial charge < -0.3 is 0 Å². The minimum Gasteiger partial charge on any atom is -0.181 e. The Hall–Kier alpha value is -3.98. The largest absolute Gasteiger partial charge is 0.356 e. The van der Waals surface area contributed by atoms with E-state index < -0.39 is 0 Å². The second-order valence-electron chi connectivity index (χ2n) is 9.34. The second-order valence-corrected chi connectivity index (χ2v) is 9.34. The summed E-state index contributed by atoms with van der Waals surface area (Å²) in [4.78, 5) is 5.03. The molecule has 33 heavy (non-hydrogen) atoms. The van der Waals surface area contributed by atoms with Crippen molar-refractivity contribution in [3.8, 4) is 39.6 Å². The van der Waals surface area contributed by atoms with E-state index in [2.05, 4.69) is 115 Å². The SMILES string of the molecule is CC(C)(C)c1ccc(-c2nc(-c3ccc(-c4ccccc4)cc3)[n+](-c3ccccc3)[nH]2)cc1. The molecule has 0 unspecified atom stereocenters. The zero-order valence-corrected chi connectivity index (χ0v) is 19.3. The molecule has 4 aromatic carbocycles. The summed E-state index contributed by atoms with van der Waals surface area (Å²) < 4.78 is 2.06. The van der Waals surface area contributed by atoms with Gasteiger partial charge in [0.05, 0.1) is 5.56 Å². The monoisotopic (exact) mass is 430 g/mol. The molecule has 162 valence electrons. The molecule has 0 aliphatic heterocycles. The highest BCUT2D eigenvalue weighted by Gasteiger charge is 2.24. The Morgan fingerprint density at radius 3 is 1.70 bits per heavy atom. The molecular formula is C30H28N3+. The van der Waals surface area contributed by atoms with Crippen molar-refractivity contribution in [2.45, 2.75) is 26.2 Å². The summed E-state index contributed by atoms with van der Waals surface area (Å²) in [5.74, 6) is 1.73. The fraction of sp³-hybridized carbons (Fsp3) is 0.133. The number of nitrogens with zero attached hydrogens (tertiary/aromatic N) is 2. The van der Waals surface area contributed by atoms with E-state index >= 15 is 0 Å². The summed E-state index contributed by atoms with van der Waals surface area (Å²) in [5, 5.41) is 3.52. The average molecular weight is 431 g/mol. The third-order valence-electron chi connectivity index (χ3n) is 5.94. The van der Waals surface area contributed by atoms with Crippen molar-refractivity contribution in [1.29, 1.82) is 0 Å². The van der Waals surface area contributed by atoms with E-state index in [0.717, 1.165) is 28.5 Å². The van der Waals surface area contributed by atoms with Gasteiger partial charge in [0, 0.05) is 5.56 Å². The molecule has 1 aromatic heterocycles. The lowest BCUT2D eigenvalue weighted by Crippen LogP contribution is -2.34. The molecule has 0 bridgehead atoms. The minimum atomic E-state index is 0.122. The van der Waals surface area contributed by atoms with Crippen LogP contribution in [0.2, 0.25) is 0 Å². The molecule has 1 N–H and O–H groups in total. The number of benzene rings is 4. The van der Waals surface area contributed by atoms with Crippen molar-refractivity contribution < 1.29 is 4.68 Å². The van der Waals surface area contributed by atoms with E-state index in [1.807, 2.05) is 24.3 Å². The molecular weight excluding hydrogens is 402 g/mol. The Morgan fingerprint density at radius 2 is 1.09 bits per heavy atom. The first-order valence-electron chi connectivity index (χ1n) is 11.3. The van der Waals surface area contributed by atoms with Crippen LogP contribution in [0, 0.1) is 0 Å². The number of aromatic amines is 1. The first-order valence-corrected chi connectivity index (χ1v) is 11.3. The van der Waals surface area contributed by atoms with E-state index in [1.54, 1.807) is 0 Å². The lowest BCUT2D eigenvalue weighted by atomic mass is 9.87. The van der Waals surface area contributed by atoms with E-state index in [0.29, 0.717) is 0 Å². The van der Waals surface area contributed by atoms with Crippen LogP contribution in [-0.4, -0.2) is 10.1 Å². The van der Waals surface area contributed by atoms with Gasteiger partial charge in [0.15, 0.2) is 5.69 Å². The first kappa shape index (κ1) is 20.9. The predicted molar refractivity (Wildman–Crippen MR) is 135 cm³/mol. The molecule has 0 atom stereocenters. The number of rotatable bonds is 4. The van der Waals surface area contributed by atoms with Gasteiger partial charge in [-0.2, -0.15) is 5.10 Å². The van der Waals surface area contributed by atoms with Gasteiger partial charge >= 0.3 is 5.82 Å². The topological polar surface area (TPSA) is 32.6 Å². The summed E-state index contributed by atoms with van der Waals surface area (Å²) in [5.41, 5.74) is 7.01. The Balaban J connectivity index is 1.57. The normalized spacial score (nSPS) is 11.5. The average Bonchev–Trinajstić information content (AvgIpc) is 3.30. The summed E-state index contributed by atoms with van der Waals surface area (Å²) in [6.07, 6.45) is 0. The molecule has 5 aromatic rings. The molecule has 1 heterocycles. The van der Waals surface area contributed by atoms with Crippen LogP contribution in [0.5, 0.6) is 0 Å². The van der Waals surface area contributed by atoms with E-state index in [9.17, 15) is 0 Å². The van der Waals surface area contributed by atoms with Crippen LogP contribution >= 0.6 is 0 Å². The van der Waals surface area contributed by atoms with Crippen molar-refractivity contribution in [2.75, 3.05) is 0 Å². The zero-order chi connectivity index (χ0) is 22.8. The molecule has 5 rings (SSSR count). The Morgan fingerprint density at radius 1 is 0.576 bits per heavy atom. The maximum atomic E-state index is 5.03. The second kappa shape index (κ2) is 8.51. The van der Waals surface area contributed by atoms with Crippen molar-refractivity contribution in [3.63, 3.8) is 0 Å². The molecule has 0 amide bonds. The molecule has 0 fully saturated rings. The fourth-order valence-electron chi connectivity index (χ4n) is 4.00. The number of para-hydroxylation sites is 1. The van der Waals surface area contributed by atoms with Gasteiger partial charge in [0.1, 0.15) is 0 Å². The van der Waals surface area contributed by atoms with Crippen LogP contribution < -0.4 is 4.68 Å². The van der Waals surface area contributed by atoms with Gasteiger partial charge in [0.25, 0.3) is 5.82 Å². The first-order chi connectivity index (χ1) is 16.0. The van der Waals surface area contributed by atoms with Gasteiger partial charge in [-0.25, -0.2) is 0 Å². The van der Waals surface area contributed by atoms with Crippen molar-refractivity contribution in [3.05, 3.63) is 115 Å². The molecule has 3 nitrogen and oxygen atoms in total. The smallest absolute Gasteiger partial charge is 0.181 e. The highest BCUT2D eigenvalue weighted by molar-refractivity contribution is 5.68. The summed E-state index contributed by atoms with van der Waals surface area (Å²) >= 11 is 0. The lowest BCUT2D eigenvalue weighted by molar-refractivity contribution is -0.644. The number of nitrogens with one attached hydrogen (secondary N) is 1. The number of aromatic nitrogens is 3. The Bertz CT molecular complexity index is 1340. The van der Waals surface area contributed by atoms with Crippen LogP contribution in [0.1, 0.15) is 26.3 Å². The molecule has 0 aliphatic rings. The minimum absolute atomic E-state index is 0.122. The molecule has 0 saturated heterocycles. The summed E-state index contributed by atoms with van der Waals surface area (Å²) in [6.45, 7) is 6.69. The van der Waals surface area contributed by atoms with Crippen molar-refractivity contribution in [2.24, 2.45) is 0 Å². The van der Waals surface area contributed by atoms with Crippen molar-refractivity contribution >= 4 is 0 Å². The van der Waals surface area contributed by atoms with Crippen LogP contribution in [0.15, 0.2) is 109 Å². The quantitative estimate of drug-likeness (QED) is 0.306.